The van der Waals surface area contributed by atoms with Crippen molar-refractivity contribution < 1.29 is 59.4 Å². The van der Waals surface area contributed by atoms with Gasteiger partial charge in [0, 0.05) is 0 Å². The lowest BCUT2D eigenvalue weighted by Gasteiger charge is -2.22. The average Bonchev–Trinajstić information content (AvgIpc) is 2.84. The molecule has 0 amide bonds. The van der Waals surface area contributed by atoms with Crippen molar-refractivity contribution in [1.29, 1.82) is 0 Å². The molecule has 12 heteroatoms. The average molecular weight is 504 g/mol. The van der Waals surface area contributed by atoms with Gasteiger partial charge < -0.3 is 30.6 Å². The molecule has 1 aliphatic carbocycles. The van der Waals surface area contributed by atoms with Crippen LogP contribution in [-0.4, -0.2) is 66.5 Å². The Morgan fingerprint density at radius 2 is 0.750 bits per heavy atom. The topological polar surface area (TPSA) is 224 Å². The van der Waals surface area contributed by atoms with Crippen molar-refractivity contribution in [3.05, 3.63) is 70.8 Å². The fraction of sp³-hybridized carbons (Fsp3) is 0.250. The van der Waals surface area contributed by atoms with Gasteiger partial charge in [-0.25, -0.2) is 19.2 Å². The Bertz CT molecular complexity index is 1020. The summed E-state index contributed by atoms with van der Waals surface area (Å²) in [4.78, 5) is 62.6. The molecule has 192 valence electrons. The van der Waals surface area contributed by atoms with Crippen LogP contribution in [-0.2, 0) is 9.59 Å². The Morgan fingerprint density at radius 1 is 0.472 bits per heavy atom. The van der Waals surface area contributed by atoms with Gasteiger partial charge in [0.25, 0.3) is 0 Å². The molecule has 12 nitrogen and oxygen atoms in total. The van der Waals surface area contributed by atoms with E-state index in [1.165, 1.54) is 48.5 Å². The third-order valence-corrected chi connectivity index (χ3v) is 5.19. The minimum absolute atomic E-state index is 0.0833. The Hall–Kier alpha value is -4.74. The van der Waals surface area contributed by atoms with Crippen molar-refractivity contribution in [1.82, 2.24) is 0 Å². The maximum Gasteiger partial charge on any atom is 0.336 e. The van der Waals surface area contributed by atoms with Crippen molar-refractivity contribution >= 4 is 35.8 Å². The zero-order chi connectivity index (χ0) is 27.4. The first-order valence-electron chi connectivity index (χ1n) is 10.4. The van der Waals surface area contributed by atoms with Crippen LogP contribution in [0.3, 0.4) is 0 Å². The van der Waals surface area contributed by atoms with Crippen LogP contribution in [0.5, 0.6) is 0 Å². The summed E-state index contributed by atoms with van der Waals surface area (Å²) in [5.41, 5.74) is -0.213. The molecule has 2 aromatic rings. The van der Waals surface area contributed by atoms with E-state index in [0.717, 1.165) is 0 Å². The van der Waals surface area contributed by atoms with Crippen LogP contribution in [0.4, 0.5) is 0 Å². The Kier molecular flexibility index (Phi) is 11.3. The quantitative estimate of drug-likeness (QED) is 0.334. The van der Waals surface area contributed by atoms with E-state index in [-0.39, 0.29) is 34.1 Å². The highest BCUT2D eigenvalue weighted by Gasteiger charge is 2.29. The van der Waals surface area contributed by atoms with Gasteiger partial charge in [0.15, 0.2) is 0 Å². The van der Waals surface area contributed by atoms with Gasteiger partial charge in [0.1, 0.15) is 0 Å². The van der Waals surface area contributed by atoms with Crippen molar-refractivity contribution in [2.75, 3.05) is 0 Å². The monoisotopic (exact) mass is 504 g/mol. The maximum atomic E-state index is 10.5. The first-order valence-corrected chi connectivity index (χ1v) is 10.4. The van der Waals surface area contributed by atoms with E-state index >= 15 is 0 Å². The molecule has 2 aromatic carbocycles. The number of rotatable bonds is 6. The first kappa shape index (κ1) is 29.3. The van der Waals surface area contributed by atoms with Crippen molar-refractivity contribution in [3.8, 4) is 0 Å². The molecule has 1 fully saturated rings. The lowest BCUT2D eigenvalue weighted by Crippen LogP contribution is -2.25. The van der Waals surface area contributed by atoms with E-state index < -0.39 is 35.8 Å². The molecule has 0 atom stereocenters. The Balaban J connectivity index is 0.000000270. The van der Waals surface area contributed by atoms with E-state index in [2.05, 4.69) is 0 Å². The van der Waals surface area contributed by atoms with Gasteiger partial charge in [0.05, 0.1) is 34.1 Å². The molecular weight excluding hydrogens is 480 g/mol. The fourth-order valence-corrected chi connectivity index (χ4v) is 3.20. The van der Waals surface area contributed by atoms with Gasteiger partial charge in [-0.1, -0.05) is 12.1 Å². The van der Waals surface area contributed by atoms with Crippen LogP contribution in [0, 0.1) is 11.8 Å². The summed E-state index contributed by atoms with van der Waals surface area (Å²) in [6.45, 7) is 0. The lowest BCUT2D eigenvalue weighted by molar-refractivity contribution is -0.148. The minimum atomic E-state index is -1.23. The normalized spacial score (nSPS) is 16.1. The molecule has 1 saturated carbocycles. The van der Waals surface area contributed by atoms with E-state index in [1.807, 2.05) is 0 Å². The molecule has 0 bridgehead atoms. The van der Waals surface area contributed by atoms with Gasteiger partial charge in [-0.15, -0.1) is 0 Å². The van der Waals surface area contributed by atoms with Gasteiger partial charge in [-0.2, -0.15) is 0 Å². The molecule has 6 N–H and O–H groups in total. The number of aromatic carboxylic acids is 4. The summed E-state index contributed by atoms with van der Waals surface area (Å²) in [6.07, 6.45) is 2.03. The molecule has 0 aromatic heterocycles. The highest BCUT2D eigenvalue weighted by molar-refractivity contribution is 6.01. The molecule has 3 rings (SSSR count). The summed E-state index contributed by atoms with van der Waals surface area (Å²) >= 11 is 0. The molecule has 0 spiro atoms. The highest BCUT2D eigenvalue weighted by Crippen LogP contribution is 2.28. The molecule has 0 radical (unpaired) electrons. The van der Waals surface area contributed by atoms with Crippen LogP contribution < -0.4 is 0 Å². The highest BCUT2D eigenvalue weighted by atomic mass is 16.4. The van der Waals surface area contributed by atoms with E-state index in [0.29, 0.717) is 25.7 Å². The van der Waals surface area contributed by atoms with Crippen molar-refractivity contribution in [3.63, 3.8) is 0 Å². The van der Waals surface area contributed by atoms with Crippen LogP contribution in [0.15, 0.2) is 48.5 Å². The van der Waals surface area contributed by atoms with E-state index in [1.54, 1.807) is 0 Å². The Morgan fingerprint density at radius 3 is 0.944 bits per heavy atom. The van der Waals surface area contributed by atoms with Crippen LogP contribution >= 0.6 is 0 Å². The summed E-state index contributed by atoms with van der Waals surface area (Å²) in [6, 6.07) is 10.5. The van der Waals surface area contributed by atoms with Crippen LogP contribution in [0.25, 0.3) is 0 Å². The number of carboxylic acids is 6. The van der Waals surface area contributed by atoms with Crippen molar-refractivity contribution in [2.24, 2.45) is 11.8 Å². The van der Waals surface area contributed by atoms with Gasteiger partial charge in [-0.3, -0.25) is 9.59 Å². The fourth-order valence-electron chi connectivity index (χ4n) is 3.20. The second-order valence-corrected chi connectivity index (χ2v) is 7.57. The number of aliphatic carboxylic acids is 2. The molecular formula is C24H24O12. The summed E-state index contributed by atoms with van der Waals surface area (Å²) in [5, 5.41) is 51.3. The van der Waals surface area contributed by atoms with Crippen LogP contribution in [0.1, 0.15) is 67.1 Å². The number of carbonyl (C=O) groups is 6. The van der Waals surface area contributed by atoms with E-state index in [4.69, 9.17) is 30.6 Å². The molecule has 0 saturated heterocycles. The Labute approximate surface area is 204 Å². The molecule has 36 heavy (non-hydrogen) atoms. The van der Waals surface area contributed by atoms with Crippen LogP contribution in [0.2, 0.25) is 0 Å². The van der Waals surface area contributed by atoms with Gasteiger partial charge >= 0.3 is 35.8 Å². The number of benzene rings is 2. The molecule has 0 unspecified atom stereocenters. The predicted octanol–water partition coefficient (Wildman–Crippen LogP) is 3.13. The maximum absolute atomic E-state index is 10.5. The van der Waals surface area contributed by atoms with Gasteiger partial charge in [-0.05, 0) is 62.1 Å². The lowest BCUT2D eigenvalue weighted by atomic mass is 9.82. The SMILES string of the molecule is O=C(O)C1CCC(C(=O)O)CC1.O=C(O)c1ccc(C(=O)O)cc1.O=C(O)c1ccccc1C(=O)O. The molecule has 1 aliphatic rings. The summed E-state index contributed by atoms with van der Waals surface area (Å²) < 4.78 is 0. The second kappa shape index (κ2) is 13.8. The number of hydrogen-bond acceptors (Lipinski definition) is 6. The largest absolute Gasteiger partial charge is 0.481 e. The summed E-state index contributed by atoms with van der Waals surface area (Å²) in [7, 11) is 0. The van der Waals surface area contributed by atoms with Gasteiger partial charge in [0.2, 0.25) is 0 Å². The van der Waals surface area contributed by atoms with E-state index in [9.17, 15) is 28.8 Å². The standard InChI is InChI=1S/C8H12O4.2C8H6O4/c2*9-7(10)5-1-2-6(4-3-5)8(11)12;9-7(10)5-3-1-2-4-6(5)8(11)12/h5-6H,1-4H2,(H,9,10)(H,11,12);2*1-4H,(H,9,10)(H,11,12). The minimum Gasteiger partial charge on any atom is -0.481 e. The second-order valence-electron chi connectivity index (χ2n) is 7.57. The molecule has 0 heterocycles. The predicted molar refractivity (Wildman–Crippen MR) is 121 cm³/mol. The zero-order valence-corrected chi connectivity index (χ0v) is 18.7. The number of hydrogen-bond donors (Lipinski definition) is 6. The molecule has 0 aliphatic heterocycles. The smallest absolute Gasteiger partial charge is 0.336 e. The first-order chi connectivity index (χ1) is 16.8. The third kappa shape index (κ3) is 9.25. The van der Waals surface area contributed by atoms with Crippen molar-refractivity contribution in [2.45, 2.75) is 25.7 Å². The zero-order valence-electron chi connectivity index (χ0n) is 18.7. The number of carboxylic acid groups (broad SMARTS) is 6. The third-order valence-electron chi connectivity index (χ3n) is 5.19. The summed E-state index contributed by atoms with van der Waals surface area (Å²) in [5.74, 6) is -6.81.